The van der Waals surface area contributed by atoms with Gasteiger partial charge in [0, 0.05) is 12.1 Å². The van der Waals surface area contributed by atoms with E-state index in [4.69, 9.17) is 4.74 Å². The summed E-state index contributed by atoms with van der Waals surface area (Å²) in [6.07, 6.45) is -6.70. The van der Waals surface area contributed by atoms with Crippen molar-refractivity contribution in [1.29, 1.82) is 0 Å². The Kier molecular flexibility index (Phi) is 5.11. The van der Waals surface area contributed by atoms with Crippen LogP contribution >= 0.6 is 0 Å². The summed E-state index contributed by atoms with van der Waals surface area (Å²) in [7, 11) is 0. The summed E-state index contributed by atoms with van der Waals surface area (Å²) in [5.74, 6) is -1.67. The van der Waals surface area contributed by atoms with Crippen molar-refractivity contribution >= 4 is 11.6 Å². The fourth-order valence-electron chi connectivity index (χ4n) is 2.01. The lowest BCUT2D eigenvalue weighted by molar-refractivity contribution is -0.385. The molecule has 2 rings (SSSR count). The molecule has 0 fully saturated rings. The van der Waals surface area contributed by atoms with Crippen LogP contribution in [0.3, 0.4) is 0 Å². The van der Waals surface area contributed by atoms with Gasteiger partial charge in [0.2, 0.25) is 5.72 Å². The zero-order chi connectivity index (χ0) is 18.8. The minimum Gasteiger partial charge on any atom is -0.477 e. The van der Waals surface area contributed by atoms with E-state index >= 15 is 0 Å². The molecule has 8 nitrogen and oxygen atoms in total. The van der Waals surface area contributed by atoms with Crippen LogP contribution in [0.2, 0.25) is 0 Å². The lowest BCUT2D eigenvalue weighted by Gasteiger charge is -2.31. The predicted octanol–water partition coefficient (Wildman–Crippen LogP) is 1.42. The van der Waals surface area contributed by atoms with Crippen molar-refractivity contribution in [1.82, 2.24) is 10.4 Å². The third-order valence-electron chi connectivity index (χ3n) is 3.19. The third-order valence-corrected chi connectivity index (χ3v) is 3.19. The summed E-state index contributed by atoms with van der Waals surface area (Å²) in [6.45, 7) is -1.02. The number of amides is 1. The molecule has 0 saturated carbocycles. The van der Waals surface area contributed by atoms with Crippen LogP contribution < -0.4 is 10.2 Å². The smallest absolute Gasteiger partial charge is 0.310 e. The number of nitro benzene ring substituents is 1. The highest BCUT2D eigenvalue weighted by atomic mass is 19.3. The van der Waals surface area contributed by atoms with Gasteiger partial charge in [-0.15, -0.1) is 0 Å². The van der Waals surface area contributed by atoms with E-state index in [1.807, 2.05) is 0 Å². The van der Waals surface area contributed by atoms with Gasteiger partial charge in [0.25, 0.3) is 18.8 Å². The number of hydrogen-bond acceptors (Lipinski definition) is 6. The van der Waals surface area contributed by atoms with Gasteiger partial charge in [0.15, 0.2) is 12.4 Å². The van der Waals surface area contributed by atoms with Gasteiger partial charge in [-0.05, 0) is 6.07 Å². The molecule has 136 valence electrons. The summed E-state index contributed by atoms with van der Waals surface area (Å²) < 4.78 is 56.2. The second-order valence-corrected chi connectivity index (χ2v) is 4.84. The number of nitro groups is 1. The average molecular weight is 365 g/mol. The van der Waals surface area contributed by atoms with E-state index in [9.17, 15) is 37.6 Å². The Labute approximate surface area is 137 Å². The maximum absolute atomic E-state index is 13.0. The van der Waals surface area contributed by atoms with Crippen LogP contribution in [0.15, 0.2) is 36.0 Å². The first-order valence-corrected chi connectivity index (χ1v) is 6.64. The molecule has 0 saturated heterocycles. The quantitative estimate of drug-likeness (QED) is 0.449. The number of hydrazine groups is 1. The molecule has 0 spiro atoms. The third kappa shape index (κ3) is 3.63. The Balaban J connectivity index is 2.15. The van der Waals surface area contributed by atoms with E-state index in [0.29, 0.717) is 0 Å². The van der Waals surface area contributed by atoms with Crippen LogP contribution in [0.1, 0.15) is 0 Å². The lowest BCUT2D eigenvalue weighted by Crippen LogP contribution is -2.58. The number of rotatable bonds is 6. The van der Waals surface area contributed by atoms with Crippen LogP contribution in [0.4, 0.5) is 23.2 Å². The molecule has 1 atom stereocenters. The Bertz CT molecular complexity index is 715. The van der Waals surface area contributed by atoms with Crippen molar-refractivity contribution in [2.75, 3.05) is 6.61 Å². The minimum atomic E-state index is -3.59. The number of carbonyl (C=O) groups is 1. The molecule has 2 N–H and O–H groups in total. The molecule has 1 heterocycles. The first-order chi connectivity index (χ1) is 11.7. The number of aliphatic hydroxyl groups is 1. The number of carbonyl (C=O) groups excluding carboxylic acids is 1. The van der Waals surface area contributed by atoms with Gasteiger partial charge in [0.1, 0.15) is 0 Å². The van der Waals surface area contributed by atoms with E-state index in [1.165, 1.54) is 12.1 Å². The molecule has 1 aromatic carbocycles. The monoisotopic (exact) mass is 365 g/mol. The number of halogens is 4. The minimum absolute atomic E-state index is 0.103. The molecule has 1 amide bonds. The molecular weight excluding hydrogens is 354 g/mol. The molecule has 0 bridgehead atoms. The Morgan fingerprint density at radius 1 is 1.36 bits per heavy atom. The number of hydrogen-bond donors (Lipinski definition) is 2. The highest BCUT2D eigenvalue weighted by Gasteiger charge is 2.51. The standard InChI is InChI=1S/C13H11F4N3O5/c14-11(15)7-5-13(22,12(16)17)19(18-7)10(21)6-25-9-4-2-1-3-8(9)20(23)24/h1-5,11-12,18,22H,6H2. The lowest BCUT2D eigenvalue weighted by atomic mass is 10.2. The average Bonchev–Trinajstić information content (AvgIpc) is 2.92. The second kappa shape index (κ2) is 6.93. The molecule has 1 unspecified atom stereocenters. The van der Waals surface area contributed by atoms with E-state index in [2.05, 4.69) is 0 Å². The normalized spacial score (nSPS) is 19.8. The number of allylic oxidation sites excluding steroid dienone is 1. The van der Waals surface area contributed by atoms with E-state index in [0.717, 1.165) is 12.1 Å². The SMILES string of the molecule is O=C(COc1ccccc1[N+](=O)[O-])N1NC(C(F)F)=CC1(O)C(F)F. The molecule has 1 aliphatic heterocycles. The van der Waals surface area contributed by atoms with Crippen molar-refractivity contribution in [2.45, 2.75) is 18.6 Å². The number of benzene rings is 1. The van der Waals surface area contributed by atoms with Crippen LogP contribution in [-0.2, 0) is 4.79 Å². The van der Waals surface area contributed by atoms with Crippen molar-refractivity contribution in [3.05, 3.63) is 46.2 Å². The summed E-state index contributed by atoms with van der Waals surface area (Å²) in [5, 5.41) is 20.5. The van der Waals surface area contributed by atoms with Gasteiger partial charge in [0.05, 0.1) is 10.6 Å². The molecule has 1 aromatic rings. The van der Waals surface area contributed by atoms with E-state index in [1.54, 1.807) is 5.43 Å². The summed E-state index contributed by atoms with van der Waals surface area (Å²) in [4.78, 5) is 22.0. The molecule has 25 heavy (non-hydrogen) atoms. The van der Waals surface area contributed by atoms with Crippen molar-refractivity contribution in [3.63, 3.8) is 0 Å². The molecule has 0 aliphatic carbocycles. The van der Waals surface area contributed by atoms with Crippen LogP contribution in [0, 0.1) is 10.1 Å². The van der Waals surface area contributed by atoms with Crippen molar-refractivity contribution < 1.29 is 37.1 Å². The van der Waals surface area contributed by atoms with Gasteiger partial charge >= 0.3 is 5.69 Å². The van der Waals surface area contributed by atoms with Crippen LogP contribution in [-0.4, -0.2) is 46.1 Å². The molecular formula is C13H11F4N3O5. The maximum atomic E-state index is 13.0. The van der Waals surface area contributed by atoms with Gasteiger partial charge in [-0.25, -0.2) is 22.6 Å². The maximum Gasteiger partial charge on any atom is 0.310 e. The molecule has 12 heteroatoms. The number of nitrogens with one attached hydrogen (secondary N) is 1. The number of alkyl halides is 4. The Morgan fingerprint density at radius 2 is 2.00 bits per heavy atom. The topological polar surface area (TPSA) is 105 Å². The first-order valence-electron chi connectivity index (χ1n) is 6.64. The van der Waals surface area contributed by atoms with Crippen molar-refractivity contribution in [3.8, 4) is 5.75 Å². The fourth-order valence-corrected chi connectivity index (χ4v) is 2.01. The summed E-state index contributed by atoms with van der Waals surface area (Å²) in [5.41, 5.74) is -3.18. The zero-order valence-electron chi connectivity index (χ0n) is 12.2. The zero-order valence-corrected chi connectivity index (χ0v) is 12.2. The largest absolute Gasteiger partial charge is 0.477 e. The first kappa shape index (κ1) is 18.4. The van der Waals surface area contributed by atoms with E-state index in [-0.39, 0.29) is 16.8 Å². The summed E-state index contributed by atoms with van der Waals surface area (Å²) in [6, 6.07) is 4.95. The number of ether oxygens (including phenoxy) is 1. The predicted molar refractivity (Wildman–Crippen MR) is 73.6 cm³/mol. The van der Waals surface area contributed by atoms with Crippen LogP contribution in [0.5, 0.6) is 5.75 Å². The number of para-hydroxylation sites is 2. The number of nitrogens with zero attached hydrogens (tertiary/aromatic N) is 2. The Hall–Kier alpha value is -2.89. The van der Waals surface area contributed by atoms with Gasteiger partial charge in [-0.3, -0.25) is 20.3 Å². The molecule has 0 radical (unpaired) electrons. The van der Waals surface area contributed by atoms with Gasteiger partial charge in [-0.2, -0.15) is 0 Å². The highest BCUT2D eigenvalue weighted by Crippen LogP contribution is 2.31. The van der Waals surface area contributed by atoms with Gasteiger partial charge < -0.3 is 9.84 Å². The molecule has 1 aliphatic rings. The van der Waals surface area contributed by atoms with Crippen LogP contribution in [0.25, 0.3) is 0 Å². The molecule has 0 aromatic heterocycles. The second-order valence-electron chi connectivity index (χ2n) is 4.84. The fraction of sp³-hybridized carbons (Fsp3) is 0.308. The highest BCUT2D eigenvalue weighted by molar-refractivity contribution is 5.79. The summed E-state index contributed by atoms with van der Waals surface area (Å²) >= 11 is 0. The van der Waals surface area contributed by atoms with Gasteiger partial charge in [-0.1, -0.05) is 12.1 Å². The van der Waals surface area contributed by atoms with Crippen molar-refractivity contribution in [2.24, 2.45) is 0 Å². The Morgan fingerprint density at radius 3 is 2.56 bits per heavy atom. The van der Waals surface area contributed by atoms with E-state index < -0.39 is 47.4 Å².